The summed E-state index contributed by atoms with van der Waals surface area (Å²) in [6.45, 7) is 4.67. The lowest BCUT2D eigenvalue weighted by atomic mass is 9.89. The average Bonchev–Trinajstić information content (AvgIpc) is 2.97. The third-order valence-electron chi connectivity index (χ3n) is 5.58. The molecule has 0 unspecified atom stereocenters. The van der Waals surface area contributed by atoms with Gasteiger partial charge in [0.25, 0.3) is 0 Å². The van der Waals surface area contributed by atoms with Crippen molar-refractivity contribution in [3.8, 4) is 5.75 Å². The van der Waals surface area contributed by atoms with Crippen molar-refractivity contribution in [1.29, 1.82) is 0 Å². The fraction of sp³-hybridized carbons (Fsp3) is 0.476. The van der Waals surface area contributed by atoms with Gasteiger partial charge in [0.1, 0.15) is 12.4 Å². The first-order chi connectivity index (χ1) is 12.0. The molecule has 2 aromatic rings. The second-order valence-electron chi connectivity index (χ2n) is 7.76. The van der Waals surface area contributed by atoms with E-state index in [-0.39, 0.29) is 6.09 Å². The molecule has 132 valence electrons. The van der Waals surface area contributed by atoms with E-state index in [0.29, 0.717) is 12.7 Å². The molecule has 0 aromatic heterocycles. The first-order valence-corrected chi connectivity index (χ1v) is 9.18. The number of alkyl carbamates (subject to hydrolysis) is 1. The topological polar surface area (TPSA) is 47.6 Å². The van der Waals surface area contributed by atoms with E-state index in [1.54, 1.807) is 0 Å². The Bertz CT molecular complexity index is 795. The van der Waals surface area contributed by atoms with Crippen molar-refractivity contribution < 1.29 is 14.3 Å². The number of rotatable bonds is 3. The van der Waals surface area contributed by atoms with Crippen molar-refractivity contribution in [2.24, 2.45) is 5.92 Å². The molecule has 1 N–H and O–H groups in total. The molecule has 1 aliphatic heterocycles. The van der Waals surface area contributed by atoms with Crippen LogP contribution in [0.25, 0.3) is 10.8 Å². The number of ether oxygens (including phenoxy) is 2. The number of fused-ring (bicyclic) bond motifs is 1. The van der Waals surface area contributed by atoms with Gasteiger partial charge in [-0.15, -0.1) is 0 Å². The van der Waals surface area contributed by atoms with Crippen LogP contribution in [0.15, 0.2) is 36.4 Å². The summed E-state index contributed by atoms with van der Waals surface area (Å²) in [5.41, 5.74) is 0.597. The number of carbonyl (C=O) groups excluding carboxylic acids is 1. The largest absolute Gasteiger partial charge is 0.490 e. The van der Waals surface area contributed by atoms with Crippen molar-refractivity contribution in [1.82, 2.24) is 5.32 Å². The molecule has 1 saturated carbocycles. The summed E-state index contributed by atoms with van der Waals surface area (Å²) in [7, 11) is 0. The van der Waals surface area contributed by atoms with Gasteiger partial charge in [0.2, 0.25) is 0 Å². The molecular formula is C21H25NO3. The minimum atomic E-state index is -0.459. The number of nitrogens with one attached hydrogen (secondary N) is 1. The molecule has 4 heteroatoms. The normalized spacial score (nSPS) is 29.3. The molecule has 4 rings (SSSR count). The van der Waals surface area contributed by atoms with Gasteiger partial charge in [-0.05, 0) is 73.1 Å². The Balaban J connectivity index is 1.54. The number of carbonyl (C=O) groups is 1. The second kappa shape index (κ2) is 6.25. The third-order valence-corrected chi connectivity index (χ3v) is 5.58. The van der Waals surface area contributed by atoms with Crippen LogP contribution in [0.2, 0.25) is 0 Å². The molecular weight excluding hydrogens is 314 g/mol. The lowest BCUT2D eigenvalue weighted by Gasteiger charge is -2.27. The molecule has 0 spiro atoms. The fourth-order valence-electron chi connectivity index (χ4n) is 3.84. The van der Waals surface area contributed by atoms with E-state index in [0.717, 1.165) is 40.8 Å². The highest BCUT2D eigenvalue weighted by molar-refractivity contribution is 5.85. The molecule has 0 bridgehead atoms. The molecule has 1 saturated heterocycles. The van der Waals surface area contributed by atoms with Crippen LogP contribution in [0.4, 0.5) is 4.79 Å². The van der Waals surface area contributed by atoms with E-state index < -0.39 is 5.54 Å². The Hall–Kier alpha value is -2.23. The first kappa shape index (κ1) is 16.2. The van der Waals surface area contributed by atoms with E-state index in [9.17, 15) is 4.79 Å². The van der Waals surface area contributed by atoms with E-state index in [1.807, 2.05) is 6.92 Å². The summed E-state index contributed by atoms with van der Waals surface area (Å²) in [6.07, 6.45) is 4.81. The maximum Gasteiger partial charge on any atom is 0.408 e. The van der Waals surface area contributed by atoms with Crippen LogP contribution in [0.3, 0.4) is 0 Å². The maximum absolute atomic E-state index is 11.4. The predicted octanol–water partition coefficient (Wildman–Crippen LogP) is 4.75. The predicted molar refractivity (Wildman–Crippen MR) is 97.8 cm³/mol. The van der Waals surface area contributed by atoms with Crippen LogP contribution in [0.5, 0.6) is 5.75 Å². The molecule has 1 heterocycles. The smallest absolute Gasteiger partial charge is 0.408 e. The Labute approximate surface area is 148 Å². The van der Waals surface area contributed by atoms with E-state index in [1.165, 1.54) is 12.8 Å². The van der Waals surface area contributed by atoms with Gasteiger partial charge in [-0.25, -0.2) is 4.79 Å². The zero-order valence-electron chi connectivity index (χ0n) is 14.9. The monoisotopic (exact) mass is 339 g/mol. The second-order valence-corrected chi connectivity index (χ2v) is 7.76. The van der Waals surface area contributed by atoms with Gasteiger partial charge in [-0.1, -0.05) is 25.1 Å². The molecule has 1 atom stereocenters. The molecule has 1 aliphatic carbocycles. The summed E-state index contributed by atoms with van der Waals surface area (Å²) in [5, 5.41) is 5.19. The number of hydrogen-bond acceptors (Lipinski definition) is 3. The molecule has 4 nitrogen and oxygen atoms in total. The number of amides is 1. The quantitative estimate of drug-likeness (QED) is 0.877. The first-order valence-electron chi connectivity index (χ1n) is 9.18. The Morgan fingerprint density at radius 3 is 2.52 bits per heavy atom. The van der Waals surface area contributed by atoms with Gasteiger partial charge >= 0.3 is 6.09 Å². The molecule has 0 radical (unpaired) electrons. The third kappa shape index (κ3) is 3.30. The van der Waals surface area contributed by atoms with Gasteiger partial charge in [-0.3, -0.25) is 0 Å². The van der Waals surface area contributed by atoms with Gasteiger partial charge in [0.05, 0.1) is 11.6 Å². The summed E-state index contributed by atoms with van der Waals surface area (Å²) < 4.78 is 11.3. The Morgan fingerprint density at radius 2 is 1.80 bits per heavy atom. The highest BCUT2D eigenvalue weighted by atomic mass is 16.6. The SMILES string of the molecule is CC1CCC(Oc2ccc3cc([C@]4(C)COC(=O)N4)ccc3c2)CC1. The zero-order valence-corrected chi connectivity index (χ0v) is 14.9. The van der Waals surface area contributed by atoms with Crippen LogP contribution in [-0.4, -0.2) is 18.8 Å². The standard InChI is InChI=1S/C21H25NO3/c1-14-3-8-18(9-4-14)25-19-10-6-15-11-17(7-5-16(15)12-19)21(2)13-24-20(23)22-21/h5-7,10-12,14,18H,3-4,8-9,13H2,1-2H3,(H,22,23)/t14?,18?,21-/m0/s1. The fourth-order valence-corrected chi connectivity index (χ4v) is 3.84. The highest BCUT2D eigenvalue weighted by Crippen LogP contribution is 2.31. The lowest BCUT2D eigenvalue weighted by Crippen LogP contribution is -2.37. The average molecular weight is 339 g/mol. The van der Waals surface area contributed by atoms with Crippen LogP contribution < -0.4 is 10.1 Å². The van der Waals surface area contributed by atoms with Crippen molar-refractivity contribution in [2.45, 2.75) is 51.2 Å². The molecule has 2 aromatic carbocycles. The van der Waals surface area contributed by atoms with Crippen molar-refractivity contribution in [3.63, 3.8) is 0 Å². The van der Waals surface area contributed by atoms with Crippen molar-refractivity contribution in [3.05, 3.63) is 42.0 Å². The minimum absolute atomic E-state index is 0.345. The number of hydrogen-bond donors (Lipinski definition) is 1. The van der Waals surface area contributed by atoms with E-state index in [2.05, 4.69) is 48.6 Å². The van der Waals surface area contributed by atoms with Crippen LogP contribution in [-0.2, 0) is 10.3 Å². The molecule has 2 aliphatic rings. The zero-order chi connectivity index (χ0) is 17.4. The number of cyclic esters (lactones) is 1. The Kier molecular flexibility index (Phi) is 4.06. The minimum Gasteiger partial charge on any atom is -0.490 e. The van der Waals surface area contributed by atoms with Gasteiger partial charge in [-0.2, -0.15) is 0 Å². The summed E-state index contributed by atoms with van der Waals surface area (Å²) in [6, 6.07) is 12.5. The molecule has 25 heavy (non-hydrogen) atoms. The molecule has 1 amide bonds. The van der Waals surface area contributed by atoms with Crippen LogP contribution >= 0.6 is 0 Å². The van der Waals surface area contributed by atoms with E-state index in [4.69, 9.17) is 9.47 Å². The van der Waals surface area contributed by atoms with Gasteiger partial charge in [0.15, 0.2) is 0 Å². The lowest BCUT2D eigenvalue weighted by molar-refractivity contribution is 0.135. The van der Waals surface area contributed by atoms with Gasteiger partial charge < -0.3 is 14.8 Å². The van der Waals surface area contributed by atoms with Crippen molar-refractivity contribution >= 4 is 16.9 Å². The summed E-state index contributed by atoms with van der Waals surface area (Å²) in [4.78, 5) is 11.4. The van der Waals surface area contributed by atoms with Crippen LogP contribution in [0, 0.1) is 5.92 Å². The maximum atomic E-state index is 11.4. The summed E-state index contributed by atoms with van der Waals surface area (Å²) in [5.74, 6) is 1.78. The van der Waals surface area contributed by atoms with Crippen LogP contribution in [0.1, 0.15) is 45.1 Å². The van der Waals surface area contributed by atoms with Crippen molar-refractivity contribution in [2.75, 3.05) is 6.61 Å². The number of benzene rings is 2. The summed E-state index contributed by atoms with van der Waals surface area (Å²) >= 11 is 0. The van der Waals surface area contributed by atoms with E-state index >= 15 is 0 Å². The van der Waals surface area contributed by atoms with Gasteiger partial charge in [0, 0.05) is 0 Å². The highest BCUT2D eigenvalue weighted by Gasteiger charge is 2.36. The molecule has 2 fully saturated rings. The Morgan fingerprint density at radius 1 is 1.08 bits per heavy atom.